The van der Waals surface area contributed by atoms with Gasteiger partial charge in [0.05, 0.1) is 5.37 Å². The van der Waals surface area contributed by atoms with E-state index in [2.05, 4.69) is 12.2 Å². The first-order valence-corrected chi connectivity index (χ1v) is 9.89. The summed E-state index contributed by atoms with van der Waals surface area (Å²) in [4.78, 5) is 11.0. The van der Waals surface area contributed by atoms with Crippen LogP contribution in [0.2, 0.25) is 0 Å². The highest BCUT2D eigenvalue weighted by Gasteiger charge is 2.25. The molecule has 1 rings (SSSR count). The Kier molecular flexibility index (Phi) is 11.1. The van der Waals surface area contributed by atoms with Gasteiger partial charge in [0.25, 0.3) is 0 Å². The Labute approximate surface area is 134 Å². The van der Waals surface area contributed by atoms with Crippen molar-refractivity contribution in [3.05, 3.63) is 0 Å². The van der Waals surface area contributed by atoms with Crippen molar-refractivity contribution in [2.75, 3.05) is 5.75 Å². The topological polar surface area (TPSA) is 49.3 Å². The monoisotopic (exact) mass is 315 g/mol. The first-order valence-electron chi connectivity index (χ1n) is 8.84. The van der Waals surface area contributed by atoms with Gasteiger partial charge in [-0.3, -0.25) is 10.1 Å². The molecular formula is C17H33NO2S. The molecule has 0 bridgehead atoms. The van der Waals surface area contributed by atoms with Crippen LogP contribution in [0.15, 0.2) is 0 Å². The predicted octanol–water partition coefficient (Wildman–Crippen LogP) is 4.80. The van der Waals surface area contributed by atoms with Crippen LogP contribution in [0.4, 0.5) is 0 Å². The molecule has 1 aliphatic heterocycles. The predicted molar refractivity (Wildman–Crippen MR) is 91.9 cm³/mol. The third-order valence-electron chi connectivity index (χ3n) is 4.23. The molecule has 0 aromatic heterocycles. The third-order valence-corrected chi connectivity index (χ3v) is 5.48. The Morgan fingerprint density at radius 3 is 2.19 bits per heavy atom. The molecule has 0 unspecified atom stereocenters. The van der Waals surface area contributed by atoms with Crippen molar-refractivity contribution >= 4 is 17.7 Å². The molecule has 0 amide bonds. The second-order valence-corrected chi connectivity index (χ2v) is 7.49. The minimum Gasteiger partial charge on any atom is -0.480 e. The highest BCUT2D eigenvalue weighted by atomic mass is 32.2. The zero-order chi connectivity index (χ0) is 15.3. The summed E-state index contributed by atoms with van der Waals surface area (Å²) in [6.07, 6.45) is 15.4. The molecule has 1 aliphatic rings. The van der Waals surface area contributed by atoms with Gasteiger partial charge in [0.15, 0.2) is 0 Å². The molecule has 2 atom stereocenters. The SMILES string of the molecule is CCCCCCCCCCCC[C@H]1N[C@@H](C(=O)O)CCS1. The fraction of sp³-hybridized carbons (Fsp3) is 0.941. The average molecular weight is 316 g/mol. The Morgan fingerprint density at radius 2 is 1.62 bits per heavy atom. The summed E-state index contributed by atoms with van der Waals surface area (Å²) in [5.41, 5.74) is 0. The smallest absolute Gasteiger partial charge is 0.320 e. The summed E-state index contributed by atoms with van der Waals surface area (Å²) in [5.74, 6) is 0.287. The van der Waals surface area contributed by atoms with E-state index in [0.29, 0.717) is 5.37 Å². The molecule has 0 aliphatic carbocycles. The Bertz CT molecular complexity index is 274. The molecule has 0 aromatic rings. The van der Waals surface area contributed by atoms with Crippen LogP contribution in [0.1, 0.15) is 84.0 Å². The van der Waals surface area contributed by atoms with E-state index in [-0.39, 0.29) is 6.04 Å². The van der Waals surface area contributed by atoms with Crippen LogP contribution < -0.4 is 5.32 Å². The number of hydrogen-bond donors (Lipinski definition) is 2. The maximum Gasteiger partial charge on any atom is 0.320 e. The molecule has 1 heterocycles. The van der Waals surface area contributed by atoms with Gasteiger partial charge in [0, 0.05) is 0 Å². The molecular weight excluding hydrogens is 282 g/mol. The summed E-state index contributed by atoms with van der Waals surface area (Å²) in [7, 11) is 0. The fourth-order valence-corrected chi connectivity index (χ4v) is 4.11. The van der Waals surface area contributed by atoms with Crippen LogP contribution in [0, 0.1) is 0 Å². The van der Waals surface area contributed by atoms with Crippen molar-refractivity contribution in [3.63, 3.8) is 0 Å². The van der Waals surface area contributed by atoms with Gasteiger partial charge in [-0.25, -0.2) is 0 Å². The second kappa shape index (κ2) is 12.3. The number of aliphatic carboxylic acids is 1. The minimum atomic E-state index is -0.691. The molecule has 0 radical (unpaired) electrons. The van der Waals surface area contributed by atoms with Gasteiger partial charge < -0.3 is 5.11 Å². The number of carboxylic acids is 1. The highest BCUT2D eigenvalue weighted by molar-refractivity contribution is 7.99. The zero-order valence-electron chi connectivity index (χ0n) is 13.6. The maximum absolute atomic E-state index is 11.0. The first kappa shape index (κ1) is 18.8. The maximum atomic E-state index is 11.0. The number of rotatable bonds is 12. The normalized spacial score (nSPS) is 22.3. The molecule has 0 saturated carbocycles. The van der Waals surface area contributed by atoms with Crippen molar-refractivity contribution in [3.8, 4) is 0 Å². The molecule has 1 fully saturated rings. The molecule has 0 aromatic carbocycles. The van der Waals surface area contributed by atoms with Gasteiger partial charge in [-0.1, -0.05) is 71.1 Å². The van der Waals surface area contributed by atoms with Gasteiger partial charge in [-0.2, -0.15) is 0 Å². The molecule has 3 nitrogen and oxygen atoms in total. The zero-order valence-corrected chi connectivity index (χ0v) is 14.4. The first-order chi connectivity index (χ1) is 10.2. The van der Waals surface area contributed by atoms with E-state index in [1.54, 1.807) is 0 Å². The van der Waals surface area contributed by atoms with E-state index in [1.807, 2.05) is 11.8 Å². The Balaban J connectivity index is 1.89. The molecule has 124 valence electrons. The van der Waals surface area contributed by atoms with E-state index < -0.39 is 5.97 Å². The summed E-state index contributed by atoms with van der Waals surface area (Å²) in [6, 6.07) is -0.320. The number of unbranched alkanes of at least 4 members (excludes halogenated alkanes) is 9. The van der Waals surface area contributed by atoms with Crippen LogP contribution in [-0.2, 0) is 4.79 Å². The van der Waals surface area contributed by atoms with E-state index in [9.17, 15) is 4.79 Å². The van der Waals surface area contributed by atoms with Gasteiger partial charge in [0.1, 0.15) is 6.04 Å². The van der Waals surface area contributed by atoms with Crippen molar-refractivity contribution < 1.29 is 9.90 Å². The third kappa shape index (κ3) is 9.41. The molecule has 21 heavy (non-hydrogen) atoms. The van der Waals surface area contributed by atoms with Crippen molar-refractivity contribution in [2.24, 2.45) is 0 Å². The van der Waals surface area contributed by atoms with E-state index >= 15 is 0 Å². The molecule has 1 saturated heterocycles. The van der Waals surface area contributed by atoms with E-state index in [0.717, 1.165) is 18.6 Å². The molecule has 0 spiro atoms. The van der Waals surface area contributed by atoms with Gasteiger partial charge in [-0.05, 0) is 18.6 Å². The quantitative estimate of drug-likeness (QED) is 0.508. The molecule has 2 N–H and O–H groups in total. The summed E-state index contributed by atoms with van der Waals surface area (Å²) < 4.78 is 0. The van der Waals surface area contributed by atoms with Gasteiger partial charge >= 0.3 is 5.97 Å². The standard InChI is InChI=1S/C17H33NO2S/c1-2-3-4-5-6-7-8-9-10-11-12-16-18-15(17(19)20)13-14-21-16/h15-16,18H,2-14H2,1H3,(H,19,20)/t15-,16+/m1/s1. The van der Waals surface area contributed by atoms with Gasteiger partial charge in [0.2, 0.25) is 0 Å². The van der Waals surface area contributed by atoms with Crippen molar-refractivity contribution in [1.29, 1.82) is 0 Å². The second-order valence-electron chi connectivity index (χ2n) is 6.18. The lowest BCUT2D eigenvalue weighted by Crippen LogP contribution is -2.45. The van der Waals surface area contributed by atoms with Crippen molar-refractivity contribution in [2.45, 2.75) is 95.4 Å². The van der Waals surface area contributed by atoms with Crippen LogP contribution in [-0.4, -0.2) is 28.2 Å². The van der Waals surface area contributed by atoms with Crippen LogP contribution >= 0.6 is 11.8 Å². The van der Waals surface area contributed by atoms with Crippen LogP contribution in [0.3, 0.4) is 0 Å². The largest absolute Gasteiger partial charge is 0.480 e. The fourth-order valence-electron chi connectivity index (χ4n) is 2.86. The Hall–Kier alpha value is -0.220. The van der Waals surface area contributed by atoms with Gasteiger partial charge in [-0.15, -0.1) is 11.8 Å². The number of nitrogens with one attached hydrogen (secondary N) is 1. The van der Waals surface area contributed by atoms with E-state index in [1.165, 1.54) is 64.2 Å². The lowest BCUT2D eigenvalue weighted by molar-refractivity contribution is -0.139. The van der Waals surface area contributed by atoms with Crippen LogP contribution in [0.25, 0.3) is 0 Å². The average Bonchev–Trinajstić information content (AvgIpc) is 2.49. The highest BCUT2D eigenvalue weighted by Crippen LogP contribution is 2.23. The van der Waals surface area contributed by atoms with E-state index in [4.69, 9.17) is 5.11 Å². The van der Waals surface area contributed by atoms with Crippen LogP contribution in [0.5, 0.6) is 0 Å². The molecule has 4 heteroatoms. The Morgan fingerprint density at radius 1 is 1.05 bits per heavy atom. The number of thioether (sulfide) groups is 1. The number of carboxylic acid groups (broad SMARTS) is 1. The minimum absolute atomic E-state index is 0.320. The lowest BCUT2D eigenvalue weighted by atomic mass is 10.1. The number of hydrogen-bond acceptors (Lipinski definition) is 3. The summed E-state index contributed by atoms with van der Waals surface area (Å²) >= 11 is 1.89. The summed E-state index contributed by atoms with van der Waals surface area (Å²) in [6.45, 7) is 2.26. The number of carbonyl (C=O) groups is 1. The summed E-state index contributed by atoms with van der Waals surface area (Å²) in [5, 5.41) is 12.6. The van der Waals surface area contributed by atoms with Crippen molar-refractivity contribution in [1.82, 2.24) is 5.32 Å². The lowest BCUT2D eigenvalue weighted by Gasteiger charge is -2.28.